The molecule has 0 fully saturated rings. The molecule has 0 aliphatic heterocycles. The second kappa shape index (κ2) is 5.01. The Morgan fingerprint density at radius 3 is 2.82 bits per heavy atom. The smallest absolute Gasteiger partial charge is 0.124 e. The molecule has 0 aliphatic carbocycles. The van der Waals surface area contributed by atoms with Crippen LogP contribution >= 0.6 is 0 Å². The lowest BCUT2D eigenvalue weighted by molar-refractivity contribution is 0.667. The molecular weight excluding hydrogens is 210 g/mol. The first-order valence-corrected chi connectivity index (χ1v) is 6.15. The van der Waals surface area contributed by atoms with Crippen LogP contribution in [0.3, 0.4) is 0 Å². The van der Waals surface area contributed by atoms with E-state index in [2.05, 4.69) is 47.7 Å². The van der Waals surface area contributed by atoms with Gasteiger partial charge in [0.1, 0.15) is 5.82 Å². The van der Waals surface area contributed by atoms with E-state index in [9.17, 15) is 0 Å². The van der Waals surface area contributed by atoms with Gasteiger partial charge in [-0.3, -0.25) is 0 Å². The van der Waals surface area contributed by atoms with Crippen LogP contribution in [-0.4, -0.2) is 9.55 Å². The van der Waals surface area contributed by atoms with E-state index in [1.54, 1.807) is 0 Å². The zero-order chi connectivity index (χ0) is 12.3. The Kier molecular flexibility index (Phi) is 3.43. The van der Waals surface area contributed by atoms with Crippen LogP contribution in [0.4, 0.5) is 0 Å². The quantitative estimate of drug-likeness (QED) is 0.805. The zero-order valence-corrected chi connectivity index (χ0v) is 10.4. The minimum atomic E-state index is 0.385. The molecule has 88 valence electrons. The monoisotopic (exact) mass is 227 g/mol. The van der Waals surface area contributed by atoms with E-state index < -0.39 is 0 Å². The van der Waals surface area contributed by atoms with Gasteiger partial charge in [0.25, 0.3) is 0 Å². The third kappa shape index (κ3) is 2.16. The summed E-state index contributed by atoms with van der Waals surface area (Å²) < 4.78 is 2.16. The molecule has 0 N–H and O–H groups in total. The lowest BCUT2D eigenvalue weighted by atomic mass is 10.1. The highest BCUT2D eigenvalue weighted by Gasteiger charge is 2.09. The normalized spacial score (nSPS) is 10.6. The molecular formula is C14H17N3. The van der Waals surface area contributed by atoms with Crippen LogP contribution in [-0.2, 0) is 19.4 Å². The van der Waals surface area contributed by atoms with Crippen molar-refractivity contribution < 1.29 is 0 Å². The minimum Gasteiger partial charge on any atom is -0.327 e. The van der Waals surface area contributed by atoms with Crippen molar-refractivity contribution in [3.63, 3.8) is 0 Å². The van der Waals surface area contributed by atoms with Gasteiger partial charge in [-0.25, -0.2) is 4.98 Å². The number of hydrogen-bond acceptors (Lipinski definition) is 2. The van der Waals surface area contributed by atoms with Crippen LogP contribution in [0.2, 0.25) is 0 Å². The molecule has 1 aromatic carbocycles. The molecule has 0 amide bonds. The fourth-order valence-corrected chi connectivity index (χ4v) is 2.12. The molecule has 0 spiro atoms. The van der Waals surface area contributed by atoms with E-state index in [0.717, 1.165) is 36.2 Å². The summed E-state index contributed by atoms with van der Waals surface area (Å²) in [5, 5.41) is 8.83. The second-order valence-electron chi connectivity index (χ2n) is 4.19. The van der Waals surface area contributed by atoms with Crippen LogP contribution in [0.5, 0.6) is 0 Å². The Bertz CT molecular complexity index is 561. The SMILES string of the molecule is CCCn1c(CC#N)nc2cc(CC)ccc21. The molecule has 0 unspecified atom stereocenters. The number of aryl methyl sites for hydroxylation is 2. The second-order valence-corrected chi connectivity index (χ2v) is 4.19. The summed E-state index contributed by atoms with van der Waals surface area (Å²) >= 11 is 0. The van der Waals surface area contributed by atoms with Crippen molar-refractivity contribution in [1.82, 2.24) is 9.55 Å². The fraction of sp³-hybridized carbons (Fsp3) is 0.429. The lowest BCUT2D eigenvalue weighted by Crippen LogP contribution is -2.02. The maximum Gasteiger partial charge on any atom is 0.124 e. The molecule has 0 atom stereocenters. The van der Waals surface area contributed by atoms with E-state index in [1.807, 2.05) is 0 Å². The Morgan fingerprint density at radius 2 is 2.18 bits per heavy atom. The van der Waals surface area contributed by atoms with E-state index in [1.165, 1.54) is 5.56 Å². The van der Waals surface area contributed by atoms with Gasteiger partial charge < -0.3 is 4.57 Å². The highest BCUT2D eigenvalue weighted by atomic mass is 15.1. The van der Waals surface area contributed by atoms with Gasteiger partial charge in [-0.05, 0) is 30.5 Å². The van der Waals surface area contributed by atoms with Crippen LogP contribution in [0.25, 0.3) is 11.0 Å². The standard InChI is InChI=1S/C14H17N3/c1-3-9-17-13-6-5-11(4-2)10-12(13)16-14(17)7-8-15/h5-6,10H,3-4,7,9H2,1-2H3. The van der Waals surface area contributed by atoms with Gasteiger partial charge in [-0.1, -0.05) is 19.9 Å². The first kappa shape index (κ1) is 11.7. The third-order valence-electron chi connectivity index (χ3n) is 2.98. The van der Waals surface area contributed by atoms with Gasteiger partial charge >= 0.3 is 0 Å². The minimum absolute atomic E-state index is 0.385. The summed E-state index contributed by atoms with van der Waals surface area (Å²) in [4.78, 5) is 4.57. The molecule has 0 saturated carbocycles. The first-order valence-electron chi connectivity index (χ1n) is 6.15. The number of nitriles is 1. The Hall–Kier alpha value is -1.82. The van der Waals surface area contributed by atoms with Gasteiger partial charge in [0.15, 0.2) is 0 Å². The predicted octanol–water partition coefficient (Wildman–Crippen LogP) is 3.07. The summed E-state index contributed by atoms with van der Waals surface area (Å²) in [5.74, 6) is 0.887. The molecule has 3 heteroatoms. The fourth-order valence-electron chi connectivity index (χ4n) is 2.12. The molecule has 2 rings (SSSR count). The van der Waals surface area contributed by atoms with Crippen LogP contribution in [0.15, 0.2) is 18.2 Å². The van der Waals surface area contributed by atoms with E-state index in [4.69, 9.17) is 5.26 Å². The van der Waals surface area contributed by atoms with Crippen molar-refractivity contribution in [2.75, 3.05) is 0 Å². The molecule has 2 aromatic rings. The molecule has 1 heterocycles. The molecule has 0 saturated heterocycles. The number of aromatic nitrogens is 2. The van der Waals surface area contributed by atoms with Gasteiger partial charge in [0, 0.05) is 6.54 Å². The zero-order valence-electron chi connectivity index (χ0n) is 10.4. The summed E-state index contributed by atoms with van der Waals surface area (Å²) in [6.45, 7) is 5.21. The maximum atomic E-state index is 8.83. The number of imidazole rings is 1. The number of rotatable bonds is 4. The van der Waals surface area contributed by atoms with Crippen molar-refractivity contribution in [3.8, 4) is 6.07 Å². The number of nitrogens with zero attached hydrogens (tertiary/aromatic N) is 3. The summed E-state index contributed by atoms with van der Waals surface area (Å²) in [7, 11) is 0. The summed E-state index contributed by atoms with van der Waals surface area (Å²) in [5.41, 5.74) is 3.46. The third-order valence-corrected chi connectivity index (χ3v) is 2.98. The van der Waals surface area contributed by atoms with Crippen molar-refractivity contribution in [3.05, 3.63) is 29.6 Å². The molecule has 1 aromatic heterocycles. The predicted molar refractivity (Wildman–Crippen MR) is 68.7 cm³/mol. The van der Waals surface area contributed by atoms with Gasteiger partial charge in [0.2, 0.25) is 0 Å². The molecule has 0 radical (unpaired) electrons. The van der Waals surface area contributed by atoms with Crippen molar-refractivity contribution in [2.24, 2.45) is 0 Å². The number of hydrogen-bond donors (Lipinski definition) is 0. The largest absolute Gasteiger partial charge is 0.327 e. The van der Waals surface area contributed by atoms with Crippen LogP contribution in [0.1, 0.15) is 31.7 Å². The number of fused-ring (bicyclic) bond motifs is 1. The van der Waals surface area contributed by atoms with E-state index in [0.29, 0.717) is 6.42 Å². The maximum absolute atomic E-state index is 8.83. The lowest BCUT2D eigenvalue weighted by Gasteiger charge is -2.05. The average Bonchev–Trinajstić information content (AvgIpc) is 2.68. The van der Waals surface area contributed by atoms with E-state index >= 15 is 0 Å². The van der Waals surface area contributed by atoms with Gasteiger partial charge in [0.05, 0.1) is 23.5 Å². The first-order chi connectivity index (χ1) is 8.30. The summed E-state index contributed by atoms with van der Waals surface area (Å²) in [6, 6.07) is 8.58. The molecule has 0 aliphatic rings. The van der Waals surface area contributed by atoms with Crippen molar-refractivity contribution >= 4 is 11.0 Å². The highest BCUT2D eigenvalue weighted by molar-refractivity contribution is 5.77. The average molecular weight is 227 g/mol. The molecule has 17 heavy (non-hydrogen) atoms. The molecule has 0 bridgehead atoms. The Balaban J connectivity index is 2.57. The van der Waals surface area contributed by atoms with Crippen molar-refractivity contribution in [2.45, 2.75) is 39.7 Å². The Morgan fingerprint density at radius 1 is 1.35 bits per heavy atom. The van der Waals surface area contributed by atoms with Gasteiger partial charge in [-0.2, -0.15) is 5.26 Å². The summed E-state index contributed by atoms with van der Waals surface area (Å²) in [6.07, 6.45) is 2.46. The van der Waals surface area contributed by atoms with E-state index in [-0.39, 0.29) is 0 Å². The van der Waals surface area contributed by atoms with Crippen LogP contribution in [0, 0.1) is 11.3 Å². The van der Waals surface area contributed by atoms with Gasteiger partial charge in [-0.15, -0.1) is 0 Å². The Labute approximate surface area is 102 Å². The number of benzene rings is 1. The topological polar surface area (TPSA) is 41.6 Å². The van der Waals surface area contributed by atoms with Crippen molar-refractivity contribution in [1.29, 1.82) is 5.26 Å². The highest BCUT2D eigenvalue weighted by Crippen LogP contribution is 2.19. The molecule has 3 nitrogen and oxygen atoms in total. The van der Waals surface area contributed by atoms with Crippen LogP contribution < -0.4 is 0 Å².